The predicted octanol–water partition coefficient (Wildman–Crippen LogP) is 14.1. The summed E-state index contributed by atoms with van der Waals surface area (Å²) < 4.78 is 6.16. The molecule has 0 aliphatic rings. The number of carbonyl (C=O) groups is 1. The van der Waals surface area contributed by atoms with Crippen molar-refractivity contribution in [1.82, 2.24) is 0 Å². The third-order valence-electron chi connectivity index (χ3n) is 9.59. The average Bonchev–Trinajstić information content (AvgIpc) is 3.04. The van der Waals surface area contributed by atoms with Gasteiger partial charge in [-0.25, -0.2) is 0 Å². The Morgan fingerprint density at radius 3 is 1.31 bits per heavy atom. The van der Waals surface area contributed by atoms with Crippen LogP contribution in [-0.2, 0) is 26.8 Å². The number of aryl methyl sites for hydroxylation is 1. The SMILES string of the molecule is CCCCCCCCCCCCSCC(CSCCCCCCCCCCCC)OC(=O)CCc1cc(C(C)(C)C)c(O)c(C(C)(C)C)c1. The predicted molar refractivity (Wildman–Crippen MR) is 222 cm³/mol. The lowest BCUT2D eigenvalue weighted by Gasteiger charge is -2.28. The Labute approximate surface area is 314 Å². The molecule has 1 aromatic carbocycles. The van der Waals surface area contributed by atoms with Gasteiger partial charge >= 0.3 is 5.97 Å². The maximum absolute atomic E-state index is 13.2. The molecule has 286 valence electrons. The van der Waals surface area contributed by atoms with Gasteiger partial charge in [0.2, 0.25) is 0 Å². The number of thioether (sulfide) groups is 2. The van der Waals surface area contributed by atoms with Crippen molar-refractivity contribution in [2.75, 3.05) is 23.0 Å². The maximum atomic E-state index is 13.2. The van der Waals surface area contributed by atoms with Crippen LogP contribution in [0.25, 0.3) is 0 Å². The molecule has 0 aliphatic heterocycles. The number of phenolic OH excluding ortho intramolecular Hbond substituents is 1. The van der Waals surface area contributed by atoms with Crippen molar-refractivity contribution in [3.05, 3.63) is 28.8 Å². The molecule has 0 heterocycles. The highest BCUT2D eigenvalue weighted by Gasteiger charge is 2.27. The molecule has 1 N–H and O–H groups in total. The molecule has 0 bridgehead atoms. The van der Waals surface area contributed by atoms with Gasteiger partial charge in [-0.05, 0) is 58.3 Å². The number of esters is 1. The average molecular weight is 721 g/mol. The minimum Gasteiger partial charge on any atom is -0.507 e. The van der Waals surface area contributed by atoms with Crippen molar-refractivity contribution >= 4 is 29.5 Å². The van der Waals surface area contributed by atoms with E-state index in [0.29, 0.717) is 18.6 Å². The summed E-state index contributed by atoms with van der Waals surface area (Å²) >= 11 is 3.94. The molecule has 0 aromatic heterocycles. The third-order valence-corrected chi connectivity index (χ3v) is 12.0. The van der Waals surface area contributed by atoms with Gasteiger partial charge in [-0.2, -0.15) is 23.5 Å². The number of hydrogen-bond acceptors (Lipinski definition) is 5. The van der Waals surface area contributed by atoms with Crippen LogP contribution in [0.1, 0.15) is 207 Å². The van der Waals surface area contributed by atoms with E-state index in [9.17, 15) is 9.90 Å². The number of rotatable bonds is 30. The van der Waals surface area contributed by atoms with Crippen molar-refractivity contribution in [2.45, 2.75) is 214 Å². The van der Waals surface area contributed by atoms with Gasteiger partial charge in [0, 0.05) is 17.9 Å². The van der Waals surface area contributed by atoms with Gasteiger partial charge in [-0.3, -0.25) is 4.79 Å². The van der Waals surface area contributed by atoms with Crippen LogP contribution in [0.4, 0.5) is 0 Å². The molecule has 0 unspecified atom stereocenters. The van der Waals surface area contributed by atoms with Crippen molar-refractivity contribution in [2.24, 2.45) is 0 Å². The second-order valence-electron chi connectivity index (χ2n) is 16.7. The molecule has 0 amide bonds. The number of unbranched alkanes of at least 4 members (excludes halogenated alkanes) is 18. The molecule has 3 nitrogen and oxygen atoms in total. The minimum absolute atomic E-state index is 0.0242. The number of aromatic hydroxyl groups is 1. The highest BCUT2D eigenvalue weighted by molar-refractivity contribution is 8.00. The van der Waals surface area contributed by atoms with Gasteiger partial charge in [-0.1, -0.05) is 183 Å². The van der Waals surface area contributed by atoms with E-state index in [1.807, 2.05) is 23.5 Å². The highest BCUT2D eigenvalue weighted by atomic mass is 32.2. The molecule has 49 heavy (non-hydrogen) atoms. The lowest BCUT2D eigenvalue weighted by molar-refractivity contribution is -0.146. The minimum atomic E-state index is -0.178. The first-order valence-corrected chi connectivity index (χ1v) is 22.9. The first-order valence-electron chi connectivity index (χ1n) is 20.6. The zero-order chi connectivity index (χ0) is 36.4. The third kappa shape index (κ3) is 23.4. The molecule has 0 aliphatic carbocycles. The van der Waals surface area contributed by atoms with Crippen LogP contribution < -0.4 is 0 Å². The summed E-state index contributed by atoms with van der Waals surface area (Å²) in [5, 5.41) is 11.1. The molecule has 0 atom stereocenters. The number of carbonyl (C=O) groups excluding carboxylic acids is 1. The quantitative estimate of drug-likeness (QED) is 0.0633. The Hall–Kier alpha value is -0.810. The van der Waals surface area contributed by atoms with Crippen molar-refractivity contribution in [1.29, 1.82) is 0 Å². The number of phenols is 1. The lowest BCUT2D eigenvalue weighted by Crippen LogP contribution is -2.24. The fourth-order valence-corrected chi connectivity index (χ4v) is 8.60. The normalized spacial score (nSPS) is 12.3. The molecule has 0 saturated heterocycles. The first-order chi connectivity index (χ1) is 23.4. The molecule has 0 spiro atoms. The van der Waals surface area contributed by atoms with E-state index in [4.69, 9.17) is 4.74 Å². The second kappa shape index (κ2) is 27.8. The van der Waals surface area contributed by atoms with Crippen LogP contribution in [0.15, 0.2) is 12.1 Å². The van der Waals surface area contributed by atoms with Crippen LogP contribution in [0.2, 0.25) is 0 Å². The standard InChI is InChI=1S/C44H80O3S2/c1-9-11-13-15-17-19-21-23-25-27-31-48-35-38(36-49-32-28-26-24-22-20-18-16-14-12-10-2)47-41(45)30-29-37-33-39(43(3,4)5)42(46)40(34-37)44(6,7)8/h33-34,38,46H,9-32,35-36H2,1-8H3. The van der Waals surface area contributed by atoms with Crippen LogP contribution in [0, 0.1) is 0 Å². The van der Waals surface area contributed by atoms with E-state index in [1.165, 1.54) is 128 Å². The van der Waals surface area contributed by atoms with Gasteiger partial charge in [0.15, 0.2) is 0 Å². The summed E-state index contributed by atoms with van der Waals surface area (Å²) in [6, 6.07) is 4.19. The molecule has 0 saturated carbocycles. The second-order valence-corrected chi connectivity index (χ2v) is 19.0. The highest BCUT2D eigenvalue weighted by Crippen LogP contribution is 2.40. The van der Waals surface area contributed by atoms with E-state index in [1.54, 1.807) is 0 Å². The van der Waals surface area contributed by atoms with Crippen LogP contribution in [-0.4, -0.2) is 40.2 Å². The number of ether oxygens (including phenoxy) is 1. The van der Waals surface area contributed by atoms with E-state index >= 15 is 0 Å². The van der Waals surface area contributed by atoms with E-state index < -0.39 is 0 Å². The fourth-order valence-electron chi connectivity index (χ4n) is 6.40. The lowest BCUT2D eigenvalue weighted by atomic mass is 9.78. The first kappa shape index (κ1) is 46.2. The summed E-state index contributed by atoms with van der Waals surface area (Å²) in [7, 11) is 0. The fraction of sp³-hybridized carbons (Fsp3) is 0.841. The molecule has 0 radical (unpaired) electrons. The topological polar surface area (TPSA) is 46.5 Å². The smallest absolute Gasteiger partial charge is 0.306 e. The van der Waals surface area contributed by atoms with Crippen molar-refractivity contribution < 1.29 is 14.6 Å². The maximum Gasteiger partial charge on any atom is 0.306 e. The Bertz CT molecular complexity index is 899. The van der Waals surface area contributed by atoms with Crippen molar-refractivity contribution in [3.63, 3.8) is 0 Å². The summed E-state index contributed by atoms with van der Waals surface area (Å²) in [6.07, 6.45) is 28.3. The van der Waals surface area contributed by atoms with E-state index in [0.717, 1.165) is 39.7 Å². The van der Waals surface area contributed by atoms with Crippen LogP contribution >= 0.6 is 23.5 Å². The van der Waals surface area contributed by atoms with Gasteiger partial charge in [0.25, 0.3) is 0 Å². The summed E-state index contributed by atoms with van der Waals surface area (Å²) in [5.74, 6) is 4.42. The Morgan fingerprint density at radius 1 is 0.612 bits per heavy atom. The zero-order valence-corrected chi connectivity index (χ0v) is 35.3. The van der Waals surface area contributed by atoms with Gasteiger partial charge in [-0.15, -0.1) is 0 Å². The summed E-state index contributed by atoms with van der Waals surface area (Å²) in [6.45, 7) is 17.4. The molecular weight excluding hydrogens is 641 g/mol. The molecule has 1 rings (SSSR count). The van der Waals surface area contributed by atoms with E-state index in [2.05, 4.69) is 67.5 Å². The van der Waals surface area contributed by atoms with Gasteiger partial charge < -0.3 is 9.84 Å². The summed E-state index contributed by atoms with van der Waals surface area (Å²) in [5.41, 5.74) is 2.65. The van der Waals surface area contributed by atoms with E-state index in [-0.39, 0.29) is 22.9 Å². The molecule has 0 fully saturated rings. The monoisotopic (exact) mass is 721 g/mol. The van der Waals surface area contributed by atoms with Gasteiger partial charge in [0.05, 0.1) is 0 Å². The molecule has 5 heteroatoms. The Morgan fingerprint density at radius 2 is 0.959 bits per heavy atom. The van der Waals surface area contributed by atoms with Gasteiger partial charge in [0.1, 0.15) is 11.9 Å². The molecular formula is C44H80O3S2. The Balaban J connectivity index is 2.56. The van der Waals surface area contributed by atoms with Crippen LogP contribution in [0.3, 0.4) is 0 Å². The van der Waals surface area contributed by atoms with Crippen LogP contribution in [0.5, 0.6) is 5.75 Å². The Kier molecular flexibility index (Phi) is 26.2. The van der Waals surface area contributed by atoms with Crippen molar-refractivity contribution in [3.8, 4) is 5.75 Å². The zero-order valence-electron chi connectivity index (χ0n) is 33.7. The molecule has 1 aromatic rings. The number of hydrogen-bond donors (Lipinski definition) is 1. The number of benzene rings is 1. The summed E-state index contributed by atoms with van der Waals surface area (Å²) in [4.78, 5) is 13.2. The largest absolute Gasteiger partial charge is 0.507 e.